The van der Waals surface area contributed by atoms with Gasteiger partial charge in [-0.15, -0.1) is 0 Å². The number of ether oxygens (including phenoxy) is 2. The number of hydrogen-bond donors (Lipinski definition) is 2. The zero-order valence-corrected chi connectivity index (χ0v) is 17.4. The van der Waals surface area contributed by atoms with Crippen LogP contribution < -0.4 is 15.6 Å². The van der Waals surface area contributed by atoms with Gasteiger partial charge in [0.1, 0.15) is 22.6 Å². The number of primary sulfonamides is 1. The molecule has 1 saturated heterocycles. The molecular weight excluding hydrogens is 408 g/mol. The molecule has 0 spiro atoms. The van der Waals surface area contributed by atoms with Crippen LogP contribution in [-0.4, -0.2) is 37.9 Å². The molecule has 0 bridgehead atoms. The molecule has 1 aromatic carbocycles. The first-order chi connectivity index (χ1) is 14.2. The van der Waals surface area contributed by atoms with Crippen LogP contribution in [0.15, 0.2) is 39.9 Å². The van der Waals surface area contributed by atoms with Crippen molar-refractivity contribution in [2.45, 2.75) is 31.3 Å². The van der Waals surface area contributed by atoms with Crippen LogP contribution in [0.4, 0.5) is 5.82 Å². The number of sulfonamides is 1. The number of hydrogen-bond acceptors (Lipinski definition) is 8. The maximum atomic E-state index is 12.3. The number of benzene rings is 1. The van der Waals surface area contributed by atoms with Crippen molar-refractivity contribution in [3.05, 3.63) is 41.7 Å². The molecule has 2 aromatic heterocycles. The van der Waals surface area contributed by atoms with Crippen LogP contribution in [0.2, 0.25) is 0 Å². The monoisotopic (exact) mass is 430 g/mol. The molecule has 4 N–H and O–H groups in total. The van der Waals surface area contributed by atoms with Gasteiger partial charge < -0.3 is 19.7 Å². The molecule has 158 valence electrons. The Hall–Kier alpha value is -2.95. The molecule has 1 atom stereocenters. The third-order valence-corrected chi connectivity index (χ3v) is 5.84. The molecule has 0 aliphatic carbocycles. The Bertz CT molecular complexity index is 1200. The fourth-order valence-corrected chi connectivity index (χ4v) is 4.10. The fourth-order valence-electron chi connectivity index (χ4n) is 3.43. The van der Waals surface area contributed by atoms with Crippen molar-refractivity contribution in [2.75, 3.05) is 18.9 Å². The molecule has 1 unspecified atom stereocenters. The molecule has 10 heteroatoms. The molecule has 1 aliphatic heterocycles. The third-order valence-electron chi connectivity index (χ3n) is 4.91. The van der Waals surface area contributed by atoms with E-state index in [0.717, 1.165) is 5.56 Å². The molecule has 9 nitrogen and oxygen atoms in total. The van der Waals surface area contributed by atoms with Crippen LogP contribution in [-0.2, 0) is 14.8 Å². The Balaban J connectivity index is 1.91. The first-order valence-electron chi connectivity index (χ1n) is 9.34. The van der Waals surface area contributed by atoms with Gasteiger partial charge in [-0.2, -0.15) is 0 Å². The average Bonchev–Trinajstić information content (AvgIpc) is 3.33. The van der Waals surface area contributed by atoms with Crippen molar-refractivity contribution < 1.29 is 22.4 Å². The van der Waals surface area contributed by atoms with Gasteiger partial charge in [0.05, 0.1) is 24.5 Å². The molecule has 1 aliphatic rings. The summed E-state index contributed by atoms with van der Waals surface area (Å²) in [5, 5.41) is 9.37. The van der Waals surface area contributed by atoms with Gasteiger partial charge in [0.25, 0.3) is 0 Å². The van der Waals surface area contributed by atoms with Crippen LogP contribution in [0.25, 0.3) is 22.5 Å². The number of rotatable bonds is 5. The van der Waals surface area contributed by atoms with Crippen LogP contribution in [0.5, 0.6) is 5.75 Å². The van der Waals surface area contributed by atoms with E-state index in [2.05, 4.69) is 10.1 Å². The number of anilines is 1. The van der Waals surface area contributed by atoms with E-state index in [9.17, 15) is 8.42 Å². The summed E-state index contributed by atoms with van der Waals surface area (Å²) in [6.07, 6.45) is 1.94. The highest BCUT2D eigenvalue weighted by Gasteiger charge is 2.27. The Labute approximate surface area is 174 Å². The summed E-state index contributed by atoms with van der Waals surface area (Å²) in [6, 6.07) is 6.65. The summed E-state index contributed by atoms with van der Waals surface area (Å²) >= 11 is 0. The van der Waals surface area contributed by atoms with Gasteiger partial charge in [-0.1, -0.05) is 11.2 Å². The maximum absolute atomic E-state index is 12.3. The number of pyridine rings is 1. The highest BCUT2D eigenvalue weighted by atomic mass is 32.2. The zero-order valence-electron chi connectivity index (χ0n) is 16.6. The quantitative estimate of drug-likeness (QED) is 0.628. The molecule has 3 aromatic rings. The van der Waals surface area contributed by atoms with Gasteiger partial charge in [-0.3, -0.25) is 0 Å². The molecule has 3 heterocycles. The molecule has 4 rings (SSSR count). The summed E-state index contributed by atoms with van der Waals surface area (Å²) < 4.78 is 41.4. The lowest BCUT2D eigenvalue weighted by molar-refractivity contribution is 0.139. The lowest BCUT2D eigenvalue weighted by atomic mass is 9.98. The van der Waals surface area contributed by atoms with Crippen molar-refractivity contribution in [1.82, 2.24) is 10.1 Å². The second-order valence-electron chi connectivity index (χ2n) is 7.22. The number of aryl methyl sites for hydroxylation is 2. The van der Waals surface area contributed by atoms with Crippen molar-refractivity contribution >= 4 is 15.8 Å². The number of nitrogens with zero attached hydrogens (tertiary/aromatic N) is 2. The summed E-state index contributed by atoms with van der Waals surface area (Å²) in [5.41, 5.74) is 9.28. The molecule has 30 heavy (non-hydrogen) atoms. The van der Waals surface area contributed by atoms with E-state index in [1.165, 1.54) is 6.07 Å². The first-order valence-corrected chi connectivity index (χ1v) is 10.9. The first kappa shape index (κ1) is 20.3. The molecule has 0 amide bonds. The van der Waals surface area contributed by atoms with Crippen LogP contribution in [0.3, 0.4) is 0 Å². The van der Waals surface area contributed by atoms with Gasteiger partial charge >= 0.3 is 0 Å². The Morgan fingerprint density at radius 3 is 2.67 bits per heavy atom. The molecule has 0 radical (unpaired) electrons. The van der Waals surface area contributed by atoms with Crippen LogP contribution in [0.1, 0.15) is 17.7 Å². The van der Waals surface area contributed by atoms with E-state index in [4.69, 9.17) is 24.9 Å². The normalized spacial score (nSPS) is 16.7. The number of aromatic nitrogens is 2. The van der Waals surface area contributed by atoms with E-state index < -0.39 is 10.0 Å². The number of nitrogens with two attached hydrogens (primary N) is 2. The minimum Gasteiger partial charge on any atom is -0.486 e. The van der Waals surface area contributed by atoms with E-state index in [-0.39, 0.29) is 22.6 Å². The van der Waals surface area contributed by atoms with Gasteiger partial charge in [-0.25, -0.2) is 18.5 Å². The van der Waals surface area contributed by atoms with E-state index in [0.29, 0.717) is 47.8 Å². The predicted molar refractivity (Wildman–Crippen MR) is 110 cm³/mol. The third kappa shape index (κ3) is 3.89. The van der Waals surface area contributed by atoms with Crippen LogP contribution >= 0.6 is 0 Å². The van der Waals surface area contributed by atoms with Crippen molar-refractivity contribution in [3.8, 4) is 28.2 Å². The highest BCUT2D eigenvalue weighted by molar-refractivity contribution is 7.89. The highest BCUT2D eigenvalue weighted by Crippen LogP contribution is 2.41. The summed E-state index contributed by atoms with van der Waals surface area (Å²) in [7, 11) is -4.03. The van der Waals surface area contributed by atoms with Crippen molar-refractivity contribution in [2.24, 2.45) is 5.14 Å². The van der Waals surface area contributed by atoms with Gasteiger partial charge in [0.15, 0.2) is 5.76 Å². The standard InChI is InChI=1S/C20H22N4O5S/c1-11-3-4-17(30(22,25)26)19(28-14-5-6-27-10-14)18(11)13-8-15(20(21)23-9-13)16-7-12(2)24-29-16/h3-4,7-9,14H,5-6,10H2,1-2H3,(H2,21,23)(H2,22,25,26). The van der Waals surface area contributed by atoms with Gasteiger partial charge in [0.2, 0.25) is 10.0 Å². The van der Waals surface area contributed by atoms with Gasteiger partial charge in [-0.05, 0) is 31.5 Å². The Morgan fingerprint density at radius 1 is 1.23 bits per heavy atom. The lowest BCUT2D eigenvalue weighted by Gasteiger charge is -2.20. The number of nitrogen functional groups attached to an aromatic ring is 1. The predicted octanol–water partition coefficient (Wildman–Crippen LogP) is 2.42. The second-order valence-corrected chi connectivity index (χ2v) is 8.75. The van der Waals surface area contributed by atoms with Crippen molar-refractivity contribution in [3.63, 3.8) is 0 Å². The largest absolute Gasteiger partial charge is 0.486 e. The Kier molecular flexibility index (Phi) is 5.22. The molecule has 0 saturated carbocycles. The summed E-state index contributed by atoms with van der Waals surface area (Å²) in [6.45, 7) is 4.58. The van der Waals surface area contributed by atoms with Crippen LogP contribution in [0, 0.1) is 13.8 Å². The average molecular weight is 430 g/mol. The van der Waals surface area contributed by atoms with Crippen molar-refractivity contribution in [1.29, 1.82) is 0 Å². The molecular formula is C20H22N4O5S. The topological polar surface area (TPSA) is 144 Å². The maximum Gasteiger partial charge on any atom is 0.241 e. The van der Waals surface area contributed by atoms with Gasteiger partial charge in [0, 0.05) is 29.8 Å². The van der Waals surface area contributed by atoms with E-state index >= 15 is 0 Å². The lowest BCUT2D eigenvalue weighted by Crippen LogP contribution is -2.20. The minimum absolute atomic E-state index is 0.0936. The SMILES string of the molecule is Cc1cc(-c2cc(-c3c(C)ccc(S(N)(=O)=O)c3OC3CCOC3)cnc2N)on1. The summed E-state index contributed by atoms with van der Waals surface area (Å²) in [5.74, 6) is 0.910. The minimum atomic E-state index is -4.03. The molecule has 1 fully saturated rings. The fraction of sp³-hybridized carbons (Fsp3) is 0.300. The Morgan fingerprint density at radius 2 is 2.03 bits per heavy atom. The van der Waals surface area contributed by atoms with E-state index in [1.807, 2.05) is 6.92 Å². The smallest absolute Gasteiger partial charge is 0.241 e. The second kappa shape index (κ2) is 7.71. The van der Waals surface area contributed by atoms with E-state index in [1.54, 1.807) is 31.3 Å². The summed E-state index contributed by atoms with van der Waals surface area (Å²) in [4.78, 5) is 4.18. The zero-order chi connectivity index (χ0) is 21.5.